The molecule has 3 aromatic rings. The van der Waals surface area contributed by atoms with Gasteiger partial charge in [-0.3, -0.25) is 0 Å². The van der Waals surface area contributed by atoms with Crippen molar-refractivity contribution in [3.63, 3.8) is 0 Å². The summed E-state index contributed by atoms with van der Waals surface area (Å²) >= 11 is 1.75. The average Bonchev–Trinajstić information content (AvgIpc) is 3.19. The van der Waals surface area contributed by atoms with E-state index < -0.39 is 0 Å². The van der Waals surface area contributed by atoms with Crippen molar-refractivity contribution in [1.29, 1.82) is 0 Å². The lowest BCUT2D eigenvalue weighted by Crippen LogP contribution is -1.92. The minimum absolute atomic E-state index is 0.118. The molecule has 28 heavy (non-hydrogen) atoms. The minimum Gasteiger partial charge on any atom is -0.206 e. The molecule has 2 fully saturated rings. The summed E-state index contributed by atoms with van der Waals surface area (Å²) in [6, 6.07) is 18.8. The summed E-state index contributed by atoms with van der Waals surface area (Å²) in [6.45, 7) is 0. The van der Waals surface area contributed by atoms with Gasteiger partial charge >= 0.3 is 0 Å². The highest BCUT2D eigenvalue weighted by Gasteiger charge is 2.21. The third-order valence-electron chi connectivity index (χ3n) is 6.46. The summed E-state index contributed by atoms with van der Waals surface area (Å²) in [6.07, 6.45) is 10.6. The lowest BCUT2D eigenvalue weighted by atomic mass is 9.95. The molecule has 1 heterocycles. The monoisotopic (exact) mass is 390 g/mol. The Morgan fingerprint density at radius 3 is 2.29 bits per heavy atom. The maximum absolute atomic E-state index is 14.9. The molecule has 0 nitrogen and oxygen atoms in total. The molecule has 0 spiro atoms. The molecule has 0 bridgehead atoms. The second-order valence-corrected chi connectivity index (χ2v) is 9.71. The number of hydrogen-bond acceptors (Lipinski definition) is 1. The second kappa shape index (κ2) is 7.83. The lowest BCUT2D eigenvalue weighted by Gasteiger charge is -2.11. The maximum Gasteiger partial charge on any atom is 0.132 e. The van der Waals surface area contributed by atoms with E-state index in [0.29, 0.717) is 0 Å². The molecule has 0 N–H and O–H groups in total. The molecule has 2 aliphatic rings. The molecular weight excluding hydrogens is 363 g/mol. The van der Waals surface area contributed by atoms with Crippen molar-refractivity contribution < 1.29 is 4.39 Å². The highest BCUT2D eigenvalue weighted by Crippen LogP contribution is 2.38. The predicted octanol–water partition coefficient (Wildman–Crippen LogP) is 8.22. The molecule has 0 aliphatic heterocycles. The first-order valence-corrected chi connectivity index (χ1v) is 11.6. The average molecular weight is 391 g/mol. The summed E-state index contributed by atoms with van der Waals surface area (Å²) in [5, 5.41) is 0. The largest absolute Gasteiger partial charge is 0.206 e. The molecule has 2 aliphatic carbocycles. The Morgan fingerprint density at radius 2 is 1.57 bits per heavy atom. The van der Waals surface area contributed by atoms with E-state index in [2.05, 4.69) is 42.5 Å². The van der Waals surface area contributed by atoms with Crippen LogP contribution < -0.4 is 0 Å². The zero-order valence-electron chi connectivity index (χ0n) is 16.3. The van der Waals surface area contributed by atoms with Gasteiger partial charge in [0.25, 0.3) is 0 Å². The van der Waals surface area contributed by atoms with Gasteiger partial charge in [-0.2, -0.15) is 0 Å². The van der Waals surface area contributed by atoms with Gasteiger partial charge in [0, 0.05) is 15.3 Å². The molecule has 0 radical (unpaired) electrons. The Kier molecular flexibility index (Phi) is 5.07. The zero-order chi connectivity index (χ0) is 18.9. The van der Waals surface area contributed by atoms with Crippen molar-refractivity contribution in [3.8, 4) is 21.6 Å². The summed E-state index contributed by atoms with van der Waals surface area (Å²) in [5.74, 6) is 1.55. The number of benzene rings is 2. The van der Waals surface area contributed by atoms with Gasteiger partial charge in [-0.15, -0.1) is 11.3 Å². The van der Waals surface area contributed by atoms with Gasteiger partial charge in [0.1, 0.15) is 5.82 Å². The molecule has 2 saturated carbocycles. The number of hydrogen-bond donors (Lipinski definition) is 0. The van der Waals surface area contributed by atoms with Crippen LogP contribution in [-0.2, 0) is 6.42 Å². The van der Waals surface area contributed by atoms with Crippen molar-refractivity contribution in [1.82, 2.24) is 0 Å². The van der Waals surface area contributed by atoms with Gasteiger partial charge in [-0.05, 0) is 78.5 Å². The van der Waals surface area contributed by atoms with E-state index in [1.165, 1.54) is 55.4 Å². The smallest absolute Gasteiger partial charge is 0.132 e. The van der Waals surface area contributed by atoms with Crippen LogP contribution in [0.4, 0.5) is 4.39 Å². The highest BCUT2D eigenvalue weighted by atomic mass is 32.1. The van der Waals surface area contributed by atoms with Crippen molar-refractivity contribution in [3.05, 3.63) is 70.9 Å². The Balaban J connectivity index is 1.32. The van der Waals surface area contributed by atoms with Crippen LogP contribution in [0, 0.1) is 11.7 Å². The second-order valence-electron chi connectivity index (χ2n) is 8.55. The molecule has 2 heteroatoms. The van der Waals surface area contributed by atoms with Crippen molar-refractivity contribution in [2.45, 2.75) is 57.3 Å². The first-order chi connectivity index (χ1) is 13.8. The number of halogens is 1. The van der Waals surface area contributed by atoms with Crippen LogP contribution in [0.3, 0.4) is 0 Å². The standard InChI is InChI=1S/C26H27FS/c27-25-17-22(21-10-8-20(9-11-21)19-3-1-2-4-19)12-15-24(25)26-16-14-23(28-26)13-7-18-5-6-18/h8-12,14-19H,1-7,13H2. The molecule has 1 aromatic heterocycles. The van der Waals surface area contributed by atoms with E-state index >= 15 is 0 Å². The summed E-state index contributed by atoms with van der Waals surface area (Å²) in [7, 11) is 0. The summed E-state index contributed by atoms with van der Waals surface area (Å²) in [5.41, 5.74) is 4.23. The van der Waals surface area contributed by atoms with Crippen molar-refractivity contribution in [2.24, 2.45) is 5.92 Å². The predicted molar refractivity (Wildman–Crippen MR) is 117 cm³/mol. The number of thiophene rings is 1. The summed E-state index contributed by atoms with van der Waals surface area (Å²) < 4.78 is 14.9. The zero-order valence-corrected chi connectivity index (χ0v) is 17.1. The van der Waals surface area contributed by atoms with Gasteiger partial charge in [0.2, 0.25) is 0 Å². The van der Waals surface area contributed by atoms with Crippen LogP contribution in [0.15, 0.2) is 54.6 Å². The molecule has 144 valence electrons. The van der Waals surface area contributed by atoms with Gasteiger partial charge in [0.05, 0.1) is 0 Å². The normalized spacial score (nSPS) is 17.3. The first-order valence-electron chi connectivity index (χ1n) is 10.8. The Morgan fingerprint density at radius 1 is 0.821 bits per heavy atom. The Bertz CT molecular complexity index is 943. The number of rotatable bonds is 6. The molecule has 0 atom stereocenters. The van der Waals surface area contributed by atoms with Crippen LogP contribution in [0.2, 0.25) is 0 Å². The van der Waals surface area contributed by atoms with E-state index in [4.69, 9.17) is 0 Å². The topological polar surface area (TPSA) is 0 Å². The van der Waals surface area contributed by atoms with Gasteiger partial charge in [-0.1, -0.05) is 56.0 Å². The fourth-order valence-corrected chi connectivity index (χ4v) is 5.56. The lowest BCUT2D eigenvalue weighted by molar-refractivity contribution is 0.632. The number of aryl methyl sites for hydroxylation is 1. The van der Waals surface area contributed by atoms with Gasteiger partial charge in [0.15, 0.2) is 0 Å². The summed E-state index contributed by atoms with van der Waals surface area (Å²) in [4.78, 5) is 2.43. The van der Waals surface area contributed by atoms with Crippen LogP contribution in [0.25, 0.3) is 21.6 Å². The fraction of sp³-hybridized carbons (Fsp3) is 0.385. The molecule has 0 amide bonds. The SMILES string of the molecule is Fc1cc(-c2ccc(C3CCCC3)cc2)ccc1-c1ccc(CCC2CC2)s1. The molecule has 5 rings (SSSR count). The van der Waals surface area contributed by atoms with E-state index in [1.807, 2.05) is 6.07 Å². The first kappa shape index (κ1) is 18.1. The van der Waals surface area contributed by atoms with Crippen molar-refractivity contribution in [2.75, 3.05) is 0 Å². The molecule has 0 saturated heterocycles. The van der Waals surface area contributed by atoms with Gasteiger partial charge in [-0.25, -0.2) is 4.39 Å². The molecular formula is C26H27FS. The van der Waals surface area contributed by atoms with E-state index in [1.54, 1.807) is 17.4 Å². The fourth-order valence-electron chi connectivity index (χ4n) is 4.51. The van der Waals surface area contributed by atoms with E-state index in [9.17, 15) is 4.39 Å². The van der Waals surface area contributed by atoms with Crippen LogP contribution in [0.1, 0.15) is 61.3 Å². The third kappa shape index (κ3) is 3.93. The van der Waals surface area contributed by atoms with E-state index in [-0.39, 0.29) is 5.82 Å². The third-order valence-corrected chi connectivity index (χ3v) is 7.64. The van der Waals surface area contributed by atoms with Crippen LogP contribution in [0.5, 0.6) is 0 Å². The quantitative estimate of drug-likeness (QED) is 0.398. The molecule has 0 unspecified atom stereocenters. The minimum atomic E-state index is -0.118. The van der Waals surface area contributed by atoms with Crippen LogP contribution >= 0.6 is 11.3 Å². The van der Waals surface area contributed by atoms with Crippen molar-refractivity contribution >= 4 is 11.3 Å². The van der Waals surface area contributed by atoms with Crippen LogP contribution in [-0.4, -0.2) is 0 Å². The van der Waals surface area contributed by atoms with E-state index in [0.717, 1.165) is 39.8 Å². The highest BCUT2D eigenvalue weighted by molar-refractivity contribution is 7.15. The Labute approximate surface area is 171 Å². The Hall–Kier alpha value is -1.93. The maximum atomic E-state index is 14.9. The van der Waals surface area contributed by atoms with Gasteiger partial charge < -0.3 is 0 Å². The molecule has 2 aromatic carbocycles.